The molecule has 0 fully saturated rings. The predicted molar refractivity (Wildman–Crippen MR) is 325 cm³/mol. The number of fused-ring (bicyclic) bond motifs is 6. The van der Waals surface area contributed by atoms with Crippen molar-refractivity contribution >= 4 is 69.0 Å². The molecule has 395 valence electrons. The molecule has 0 bridgehead atoms. The first kappa shape index (κ1) is 54.8. The molecule has 0 N–H and O–H groups in total. The summed E-state index contributed by atoms with van der Waals surface area (Å²) in [6, 6.07) is 59.2. The Balaban J connectivity index is 0.000000371. The summed E-state index contributed by atoms with van der Waals surface area (Å²) in [5, 5.41) is 0. The van der Waals surface area contributed by atoms with E-state index in [1.807, 2.05) is 56.2 Å². The third kappa shape index (κ3) is 10.2. The quantitative estimate of drug-likeness (QED) is 0.130. The molecule has 2 aromatic heterocycles. The van der Waals surface area contributed by atoms with Gasteiger partial charge in [0.15, 0.2) is 0 Å². The van der Waals surface area contributed by atoms with Crippen LogP contribution in [0.5, 0.6) is 0 Å². The number of aromatic nitrogens is 2. The van der Waals surface area contributed by atoms with E-state index in [0.717, 1.165) is 44.9 Å². The number of hydrogen-bond donors (Lipinski definition) is 0. The Labute approximate surface area is 481 Å². The van der Waals surface area contributed by atoms with Crippen LogP contribution in [0.25, 0.3) is 33.6 Å². The fourth-order valence-corrected chi connectivity index (χ4v) is 12.1. The number of anilines is 6. The van der Waals surface area contributed by atoms with Crippen LogP contribution in [0.1, 0.15) is 116 Å². The zero-order valence-corrected chi connectivity index (χ0v) is 50.7. The van der Waals surface area contributed by atoms with E-state index in [-0.39, 0.29) is 54.3 Å². The Kier molecular flexibility index (Phi) is 14.2. The fraction of sp³-hybridized carbons (Fsp3) is 0.257. The molecule has 12 rings (SSSR count). The van der Waals surface area contributed by atoms with Crippen molar-refractivity contribution < 1.29 is 24.5 Å². The van der Waals surface area contributed by atoms with Gasteiger partial charge in [-0.15, -0.1) is 65.2 Å². The van der Waals surface area contributed by atoms with Crippen molar-refractivity contribution in [2.75, 3.05) is 9.80 Å². The minimum absolute atomic E-state index is 0. The molecule has 0 spiro atoms. The Hall–Kier alpha value is -6.57. The van der Waals surface area contributed by atoms with Crippen LogP contribution in [-0.2, 0) is 41.8 Å². The number of rotatable bonds is 4. The minimum Gasteiger partial charge on any atom is -0.311 e. The fourth-order valence-electron chi connectivity index (χ4n) is 10.9. The molecule has 0 unspecified atom stereocenters. The van der Waals surface area contributed by atoms with Gasteiger partial charge in [-0.25, -0.2) is 0 Å². The average molecular weight is 1220 g/mol. The van der Waals surface area contributed by atoms with E-state index in [9.17, 15) is 4.39 Å². The van der Waals surface area contributed by atoms with Crippen molar-refractivity contribution in [3.8, 4) is 33.6 Å². The Bertz CT molecular complexity index is 3750. The van der Waals surface area contributed by atoms with Crippen LogP contribution in [0.15, 0.2) is 168 Å². The van der Waals surface area contributed by atoms with Gasteiger partial charge in [0, 0.05) is 70.9 Å². The van der Waals surface area contributed by atoms with E-state index < -0.39 is 0 Å². The summed E-state index contributed by atoms with van der Waals surface area (Å²) < 4.78 is 12.7. The van der Waals surface area contributed by atoms with Crippen molar-refractivity contribution in [1.82, 2.24) is 9.97 Å². The Morgan fingerprint density at radius 3 is 1.76 bits per heavy atom. The number of aryl methyl sites for hydroxylation is 2. The molecule has 9 aromatic rings. The molecule has 3 aliphatic rings. The third-order valence-electron chi connectivity index (χ3n) is 15.6. The van der Waals surface area contributed by atoms with Gasteiger partial charge < -0.3 is 19.8 Å². The van der Waals surface area contributed by atoms with Gasteiger partial charge in [0.1, 0.15) is 0 Å². The number of halogens is 1. The van der Waals surface area contributed by atoms with Gasteiger partial charge >= 0.3 is 0 Å². The van der Waals surface area contributed by atoms with E-state index in [1.165, 1.54) is 94.6 Å². The molecule has 5 heterocycles. The van der Waals surface area contributed by atoms with Crippen LogP contribution < -0.4 is 26.2 Å². The second-order valence-electron chi connectivity index (χ2n) is 25.3. The van der Waals surface area contributed by atoms with Crippen LogP contribution in [-0.4, -0.2) is 16.7 Å². The second kappa shape index (κ2) is 20.3. The largest absolute Gasteiger partial charge is 0.311 e. The molecule has 0 saturated heterocycles. The molecule has 0 aliphatic carbocycles. The van der Waals surface area contributed by atoms with Gasteiger partial charge in [0.25, 0.3) is 6.71 Å². The van der Waals surface area contributed by atoms with E-state index in [0.29, 0.717) is 0 Å². The van der Waals surface area contributed by atoms with Crippen LogP contribution in [0.3, 0.4) is 0 Å². The zero-order chi connectivity index (χ0) is 54.5. The summed E-state index contributed by atoms with van der Waals surface area (Å²) in [5.41, 5.74) is 25.1. The second-order valence-corrected chi connectivity index (χ2v) is 26.4. The first-order valence-electron chi connectivity index (χ1n) is 27.0. The van der Waals surface area contributed by atoms with Crippen LogP contribution >= 0.6 is 11.8 Å². The maximum Gasteiger partial charge on any atom is 0.252 e. The van der Waals surface area contributed by atoms with Gasteiger partial charge in [0.2, 0.25) is 0 Å². The van der Waals surface area contributed by atoms with Crippen molar-refractivity contribution in [2.24, 2.45) is 0 Å². The van der Waals surface area contributed by atoms with Crippen molar-refractivity contribution in [3.05, 3.63) is 209 Å². The van der Waals surface area contributed by atoms with Gasteiger partial charge in [-0.2, -0.15) is 0 Å². The molecular weight excluding hydrogens is 1150 g/mol. The molecule has 7 aromatic carbocycles. The molecule has 0 atom stereocenters. The maximum absolute atomic E-state index is 12.7. The number of hydrogen-bond acceptors (Lipinski definition) is 5. The minimum atomic E-state index is -0.275. The molecule has 8 heteroatoms. The normalized spacial score (nSPS) is 13.3. The first-order chi connectivity index (χ1) is 36.4. The third-order valence-corrected chi connectivity index (χ3v) is 16.7. The number of pyridine rings is 2. The van der Waals surface area contributed by atoms with Crippen LogP contribution in [0, 0.1) is 31.8 Å². The van der Waals surface area contributed by atoms with Crippen molar-refractivity contribution in [3.63, 3.8) is 0 Å². The van der Waals surface area contributed by atoms with Crippen molar-refractivity contribution in [1.29, 1.82) is 0 Å². The van der Waals surface area contributed by atoms with E-state index in [1.54, 1.807) is 6.07 Å². The van der Waals surface area contributed by atoms with E-state index >= 15 is 0 Å². The van der Waals surface area contributed by atoms with Crippen molar-refractivity contribution in [2.45, 2.75) is 128 Å². The summed E-state index contributed by atoms with van der Waals surface area (Å²) in [4.78, 5) is 16.8. The predicted octanol–water partition coefficient (Wildman–Crippen LogP) is 17.3. The monoisotopic (exact) mass is 1220 g/mol. The average Bonchev–Trinajstić information content (AvgIpc) is 3.41. The molecule has 1 radical (unpaired) electrons. The standard InChI is InChI=1S/C57H57BN3S.C13H11FN.Ir/c1-54(2,3)38-19-23-42(24-20-38)60-46-25-21-39(55(4,5)6)31-43(46)58-44-32-41(57(10,11)12)34-51-53(44)61(47-26-22-40(56(7,8)9)33-50(47)62-51)49-30-37(29-48(60)52(49)58)35-16-15-17-36(28-35)45-18-13-14-27-59-45;1-9-7-13(15-8-10(9)2)11-3-5-12(14)6-4-11;/h13-16,18-34H,1-12H3;3,5-8H,1-2H3;/q2*-1;. The molecule has 0 amide bonds. The van der Waals surface area contributed by atoms with E-state index in [2.05, 4.69) is 219 Å². The van der Waals surface area contributed by atoms with Crippen LogP contribution in [0.2, 0.25) is 0 Å². The number of nitrogens with zero attached hydrogens (tertiary/aromatic N) is 4. The summed E-state index contributed by atoms with van der Waals surface area (Å²) in [7, 11) is 0. The van der Waals surface area contributed by atoms with Gasteiger partial charge in [-0.05, 0) is 151 Å². The summed E-state index contributed by atoms with van der Waals surface area (Å²) in [5.74, 6) is -0.275. The zero-order valence-electron chi connectivity index (χ0n) is 47.5. The van der Waals surface area contributed by atoms with Gasteiger partial charge in [0.05, 0.1) is 11.4 Å². The smallest absolute Gasteiger partial charge is 0.252 e. The molecule has 4 nitrogen and oxygen atoms in total. The topological polar surface area (TPSA) is 32.3 Å². The maximum atomic E-state index is 12.7. The van der Waals surface area contributed by atoms with Crippen LogP contribution in [0.4, 0.5) is 38.5 Å². The summed E-state index contributed by atoms with van der Waals surface area (Å²) >= 11 is 1.95. The van der Waals surface area contributed by atoms with Gasteiger partial charge in [-0.3, -0.25) is 4.39 Å². The first-order valence-corrected chi connectivity index (χ1v) is 27.8. The summed E-state index contributed by atoms with van der Waals surface area (Å²) in [6.45, 7) is 32.0. The van der Waals surface area contributed by atoms with E-state index in [4.69, 9.17) is 4.98 Å². The molecular formula is C70H68BFIrN4S-2. The number of benzene rings is 7. The summed E-state index contributed by atoms with van der Waals surface area (Å²) in [6.07, 6.45) is 3.68. The van der Waals surface area contributed by atoms with Gasteiger partial charge in [-0.1, -0.05) is 155 Å². The SMILES string of the molecule is CC(C)(C)c1ccc(N2c3ccc(C(C)(C)C)cc3B3c4cc(C(C)(C)C)cc5c4N(c4ccc(C(C)(C)C)cc4S5)c4cc(-c5cc[c-]c(-c6ccccn6)c5)cc2c43)cc1.Cc1cnc(-c2[c-]cc(F)cc2)cc1C.[Ir]. The Morgan fingerprint density at radius 2 is 1.13 bits per heavy atom. The molecule has 0 saturated carbocycles. The molecule has 3 aliphatic heterocycles. The molecule has 78 heavy (non-hydrogen) atoms. The Morgan fingerprint density at radius 1 is 0.500 bits per heavy atom.